The van der Waals surface area contributed by atoms with Gasteiger partial charge in [0.2, 0.25) is 5.91 Å². The number of hydrogen-bond acceptors (Lipinski definition) is 2. The molecule has 0 aliphatic carbocycles. The third-order valence-corrected chi connectivity index (χ3v) is 3.55. The lowest BCUT2D eigenvalue weighted by Gasteiger charge is -2.25. The van der Waals surface area contributed by atoms with Crippen LogP contribution in [0.1, 0.15) is 31.7 Å². The van der Waals surface area contributed by atoms with Gasteiger partial charge in [-0.1, -0.05) is 17.7 Å². The average molecular weight is 259 g/mol. The Labute approximate surface area is 114 Å². The first-order valence-corrected chi connectivity index (χ1v) is 6.67. The molecule has 1 aromatic carbocycles. The maximum atomic E-state index is 12.0. The van der Waals surface area contributed by atoms with E-state index in [0.29, 0.717) is 19.0 Å². The highest BCUT2D eigenvalue weighted by atomic mass is 16.5. The van der Waals surface area contributed by atoms with Gasteiger partial charge in [0.05, 0.1) is 7.11 Å². The molecule has 1 aliphatic rings. The third kappa shape index (κ3) is 3.37. The van der Waals surface area contributed by atoms with Gasteiger partial charge in [-0.05, 0) is 37.5 Å². The van der Waals surface area contributed by atoms with Crippen LogP contribution in [0.4, 0.5) is 0 Å². The number of ether oxygens (including phenoxy) is 1. The molecule has 1 aromatic rings. The molecule has 3 nitrogen and oxygen atoms in total. The second-order valence-corrected chi connectivity index (χ2v) is 5.22. The van der Waals surface area contributed by atoms with E-state index in [0.717, 1.165) is 29.7 Å². The fourth-order valence-electron chi connectivity index (χ4n) is 2.55. The van der Waals surface area contributed by atoms with Crippen molar-refractivity contribution < 1.29 is 9.53 Å². The van der Waals surface area contributed by atoms with Crippen molar-refractivity contribution >= 4 is 5.91 Å². The molecule has 0 radical (unpaired) electrons. The predicted octanol–water partition coefficient (Wildman–Crippen LogP) is 3.15. The normalized spacial score (nSPS) is 18.7. The van der Waals surface area contributed by atoms with Crippen molar-refractivity contribution in [3.63, 3.8) is 0 Å². The summed E-state index contributed by atoms with van der Waals surface area (Å²) in [7, 11) is 1.65. The number of benzene rings is 1. The fourth-order valence-corrected chi connectivity index (χ4v) is 2.55. The van der Waals surface area contributed by atoms with Gasteiger partial charge in [-0.15, -0.1) is 6.58 Å². The van der Waals surface area contributed by atoms with Gasteiger partial charge in [-0.3, -0.25) is 4.79 Å². The van der Waals surface area contributed by atoms with E-state index < -0.39 is 0 Å². The highest BCUT2D eigenvalue weighted by molar-refractivity contribution is 5.78. The van der Waals surface area contributed by atoms with Crippen LogP contribution in [-0.4, -0.2) is 24.0 Å². The number of carbonyl (C=O) groups is 1. The fraction of sp³-hybridized carbons (Fsp3) is 0.438. The molecule has 1 fully saturated rings. The first kappa shape index (κ1) is 13.7. The summed E-state index contributed by atoms with van der Waals surface area (Å²) < 4.78 is 5.14. The molecule has 2 rings (SSSR count). The van der Waals surface area contributed by atoms with Crippen LogP contribution in [0.2, 0.25) is 0 Å². The summed E-state index contributed by atoms with van der Waals surface area (Å²) in [6.45, 7) is 6.66. The smallest absolute Gasteiger partial charge is 0.223 e. The highest BCUT2D eigenvalue weighted by Gasteiger charge is 2.30. The van der Waals surface area contributed by atoms with Crippen molar-refractivity contribution in [2.45, 2.75) is 38.8 Å². The number of nitrogens with zero attached hydrogens (tertiary/aromatic N) is 1. The van der Waals surface area contributed by atoms with Gasteiger partial charge in [0.25, 0.3) is 0 Å². The van der Waals surface area contributed by atoms with E-state index in [-0.39, 0.29) is 5.91 Å². The first-order valence-electron chi connectivity index (χ1n) is 6.67. The molecule has 0 spiro atoms. The van der Waals surface area contributed by atoms with E-state index in [1.165, 1.54) is 0 Å². The van der Waals surface area contributed by atoms with Crippen LogP contribution in [0.5, 0.6) is 5.75 Å². The minimum atomic E-state index is 0.252. The molecule has 0 aromatic heterocycles. The van der Waals surface area contributed by atoms with E-state index in [9.17, 15) is 4.79 Å². The van der Waals surface area contributed by atoms with Gasteiger partial charge in [-0.25, -0.2) is 0 Å². The second-order valence-electron chi connectivity index (χ2n) is 5.22. The second kappa shape index (κ2) is 5.91. The molecule has 102 valence electrons. The summed E-state index contributed by atoms with van der Waals surface area (Å²) in [5.74, 6) is 1.09. The molecule has 0 saturated carbocycles. The van der Waals surface area contributed by atoms with Crippen LogP contribution in [0.25, 0.3) is 0 Å². The summed E-state index contributed by atoms with van der Waals surface area (Å²) in [6.07, 6.45) is 2.51. The van der Waals surface area contributed by atoms with Crippen LogP contribution in [-0.2, 0) is 11.3 Å². The number of hydrogen-bond donors (Lipinski definition) is 0. The van der Waals surface area contributed by atoms with Crippen molar-refractivity contribution in [2.75, 3.05) is 7.11 Å². The third-order valence-electron chi connectivity index (χ3n) is 3.55. The lowest BCUT2D eigenvalue weighted by atomic mass is 10.1. The molecule has 0 bridgehead atoms. The van der Waals surface area contributed by atoms with E-state index in [1.54, 1.807) is 7.11 Å². The monoisotopic (exact) mass is 259 g/mol. The molecule has 1 aliphatic heterocycles. The number of likely N-dealkylation sites (tertiary alicyclic amines) is 1. The SMILES string of the molecule is C=C(C)CC1CCC(=O)N1Cc1ccc(OC)cc1. The molecule has 0 N–H and O–H groups in total. The molecule has 1 atom stereocenters. The molecular formula is C16H21NO2. The first-order chi connectivity index (χ1) is 9.10. The maximum Gasteiger partial charge on any atom is 0.223 e. The van der Waals surface area contributed by atoms with Crippen molar-refractivity contribution in [1.82, 2.24) is 4.90 Å². The zero-order valence-electron chi connectivity index (χ0n) is 11.7. The van der Waals surface area contributed by atoms with Gasteiger partial charge in [0, 0.05) is 19.0 Å². The number of carbonyl (C=O) groups excluding carboxylic acids is 1. The molecule has 1 heterocycles. The van der Waals surface area contributed by atoms with E-state index in [2.05, 4.69) is 6.58 Å². The molecule has 3 heteroatoms. The van der Waals surface area contributed by atoms with Crippen molar-refractivity contribution in [2.24, 2.45) is 0 Å². The van der Waals surface area contributed by atoms with Gasteiger partial charge in [0.15, 0.2) is 0 Å². The number of methoxy groups -OCH3 is 1. The Morgan fingerprint density at radius 1 is 1.42 bits per heavy atom. The van der Waals surface area contributed by atoms with Crippen LogP contribution >= 0.6 is 0 Å². The van der Waals surface area contributed by atoms with Gasteiger partial charge in [-0.2, -0.15) is 0 Å². The van der Waals surface area contributed by atoms with Crippen LogP contribution in [0.3, 0.4) is 0 Å². The van der Waals surface area contributed by atoms with E-state index in [4.69, 9.17) is 4.74 Å². The van der Waals surface area contributed by atoms with Gasteiger partial charge in [0.1, 0.15) is 5.75 Å². The maximum absolute atomic E-state index is 12.0. The van der Waals surface area contributed by atoms with Crippen LogP contribution in [0.15, 0.2) is 36.4 Å². The molecule has 1 amide bonds. The minimum absolute atomic E-state index is 0.252. The summed E-state index contributed by atoms with van der Waals surface area (Å²) >= 11 is 0. The number of rotatable bonds is 5. The minimum Gasteiger partial charge on any atom is -0.497 e. The Morgan fingerprint density at radius 2 is 2.11 bits per heavy atom. The summed E-state index contributed by atoms with van der Waals surface area (Å²) in [4.78, 5) is 13.9. The summed E-state index contributed by atoms with van der Waals surface area (Å²) in [5.41, 5.74) is 2.28. The summed E-state index contributed by atoms with van der Waals surface area (Å²) in [5, 5.41) is 0. The van der Waals surface area contributed by atoms with E-state index >= 15 is 0 Å². The molecule has 1 unspecified atom stereocenters. The Balaban J connectivity index is 2.06. The van der Waals surface area contributed by atoms with Crippen LogP contribution < -0.4 is 4.74 Å². The molecule has 19 heavy (non-hydrogen) atoms. The highest BCUT2D eigenvalue weighted by Crippen LogP contribution is 2.26. The van der Waals surface area contributed by atoms with Crippen molar-refractivity contribution in [1.29, 1.82) is 0 Å². The largest absolute Gasteiger partial charge is 0.497 e. The van der Waals surface area contributed by atoms with E-state index in [1.807, 2.05) is 36.1 Å². The predicted molar refractivity (Wildman–Crippen MR) is 76.0 cm³/mol. The quantitative estimate of drug-likeness (QED) is 0.760. The van der Waals surface area contributed by atoms with Crippen molar-refractivity contribution in [3.05, 3.63) is 42.0 Å². The topological polar surface area (TPSA) is 29.5 Å². The molecular weight excluding hydrogens is 238 g/mol. The average Bonchev–Trinajstić information content (AvgIpc) is 2.72. The zero-order chi connectivity index (χ0) is 13.8. The Hall–Kier alpha value is -1.77. The standard InChI is InChI=1S/C16H21NO2/c1-12(2)10-14-6-9-16(18)17(14)11-13-4-7-15(19-3)8-5-13/h4-5,7-8,14H,1,6,9-11H2,2-3H3. The molecule has 1 saturated heterocycles. The Morgan fingerprint density at radius 3 is 2.68 bits per heavy atom. The zero-order valence-corrected chi connectivity index (χ0v) is 11.7. The number of amides is 1. The van der Waals surface area contributed by atoms with Gasteiger partial charge >= 0.3 is 0 Å². The summed E-state index contributed by atoms with van der Waals surface area (Å²) in [6, 6.07) is 8.21. The lowest BCUT2D eigenvalue weighted by molar-refractivity contribution is -0.129. The van der Waals surface area contributed by atoms with Gasteiger partial charge < -0.3 is 9.64 Å². The Kier molecular flexibility index (Phi) is 4.25. The Bertz CT molecular complexity index is 464. The van der Waals surface area contributed by atoms with Crippen LogP contribution in [0, 0.1) is 0 Å². The lowest BCUT2D eigenvalue weighted by Crippen LogP contribution is -2.32. The van der Waals surface area contributed by atoms with Crippen molar-refractivity contribution in [3.8, 4) is 5.75 Å².